The second kappa shape index (κ2) is 18.1. The van der Waals surface area contributed by atoms with Gasteiger partial charge in [0.1, 0.15) is 0 Å². The average molecular weight is 518 g/mol. The molecule has 0 spiro atoms. The lowest BCUT2D eigenvalue weighted by molar-refractivity contribution is 0.255. The van der Waals surface area contributed by atoms with Crippen LogP contribution in [0.2, 0.25) is 0 Å². The van der Waals surface area contributed by atoms with Gasteiger partial charge in [-0.15, -0.1) is 0 Å². The Bertz CT molecular complexity index is 690. The third-order valence-corrected chi connectivity index (χ3v) is 8.22. The lowest BCUT2D eigenvalue weighted by atomic mass is 10.2. The number of rotatable bonds is 20. The van der Waals surface area contributed by atoms with Gasteiger partial charge in [0.05, 0.1) is 4.90 Å². The van der Waals surface area contributed by atoms with E-state index in [4.69, 9.17) is 0 Å². The predicted octanol–water partition coefficient (Wildman–Crippen LogP) is 4.83. The Morgan fingerprint density at radius 3 is 1.48 bits per heavy atom. The van der Waals surface area contributed by atoms with Crippen molar-refractivity contribution in [2.45, 2.75) is 64.2 Å². The molecule has 0 aliphatic heterocycles. The summed E-state index contributed by atoms with van der Waals surface area (Å²) in [6.07, 6.45) is 6.32. The van der Waals surface area contributed by atoms with Crippen LogP contribution in [0.1, 0.15) is 57.9 Å². The first-order chi connectivity index (χ1) is 15.9. The van der Waals surface area contributed by atoms with Crippen LogP contribution in [-0.4, -0.2) is 86.4 Å². The van der Waals surface area contributed by atoms with Crippen molar-refractivity contribution in [3.8, 4) is 0 Å². The van der Waals surface area contributed by atoms with E-state index in [9.17, 15) is 8.42 Å². The predicted molar refractivity (Wildman–Crippen MR) is 150 cm³/mol. The molecular formula is C25H47N3O2S3. The summed E-state index contributed by atoms with van der Waals surface area (Å²) >= 11 is 8.79. The number of sulfonamides is 1. The van der Waals surface area contributed by atoms with Gasteiger partial charge in [-0.1, -0.05) is 44.4 Å². The van der Waals surface area contributed by atoms with Gasteiger partial charge in [-0.2, -0.15) is 29.6 Å². The maximum Gasteiger partial charge on any atom is 0.243 e. The molecule has 0 amide bonds. The molecule has 8 heteroatoms. The van der Waals surface area contributed by atoms with Gasteiger partial charge in [0.2, 0.25) is 10.0 Å². The molecular weight excluding hydrogens is 470 g/mol. The van der Waals surface area contributed by atoms with Crippen LogP contribution >= 0.6 is 25.3 Å². The molecule has 0 saturated heterocycles. The Balaban J connectivity index is 2.83. The van der Waals surface area contributed by atoms with Crippen molar-refractivity contribution in [3.05, 3.63) is 29.8 Å². The van der Waals surface area contributed by atoms with Gasteiger partial charge < -0.3 is 9.80 Å². The maximum atomic E-state index is 13.5. The van der Waals surface area contributed by atoms with E-state index >= 15 is 0 Å². The molecule has 0 aromatic heterocycles. The number of aryl methyl sites for hydroxylation is 1. The first-order valence-electron chi connectivity index (χ1n) is 12.6. The Kier molecular flexibility index (Phi) is 16.9. The van der Waals surface area contributed by atoms with Crippen molar-refractivity contribution >= 4 is 35.3 Å². The molecule has 192 valence electrons. The summed E-state index contributed by atoms with van der Waals surface area (Å²) in [6.45, 7) is 13.3. The zero-order chi connectivity index (χ0) is 24.5. The van der Waals surface area contributed by atoms with E-state index in [-0.39, 0.29) is 0 Å². The molecule has 0 unspecified atom stereocenters. The first kappa shape index (κ1) is 30.8. The third-order valence-electron chi connectivity index (χ3n) is 5.91. The highest BCUT2D eigenvalue weighted by molar-refractivity contribution is 7.89. The van der Waals surface area contributed by atoms with Crippen LogP contribution in [0, 0.1) is 6.92 Å². The van der Waals surface area contributed by atoms with E-state index in [1.165, 1.54) is 0 Å². The molecule has 0 heterocycles. The molecule has 0 aliphatic rings. The molecule has 0 radical (unpaired) electrons. The normalized spacial score (nSPS) is 12.4. The molecule has 1 aromatic rings. The summed E-state index contributed by atoms with van der Waals surface area (Å²) in [7, 11) is -3.51. The summed E-state index contributed by atoms with van der Waals surface area (Å²) in [6, 6.07) is 7.23. The standard InChI is InChI=1S/C25H47N3O2S3/c1-4-6-14-26(20-22-31)16-8-18-28(19-9-17-27(21-23-32)15-7-5-2)33(29,30)25-12-10-24(3)11-13-25/h10-13,31-32H,4-9,14-23H2,1-3H3. The van der Waals surface area contributed by atoms with Crippen molar-refractivity contribution < 1.29 is 8.42 Å². The summed E-state index contributed by atoms with van der Waals surface area (Å²) < 4.78 is 28.6. The van der Waals surface area contributed by atoms with Crippen LogP contribution in [0.5, 0.6) is 0 Å². The Morgan fingerprint density at radius 1 is 0.667 bits per heavy atom. The number of nitrogens with zero attached hydrogens (tertiary/aromatic N) is 3. The molecule has 33 heavy (non-hydrogen) atoms. The first-order valence-corrected chi connectivity index (χ1v) is 15.3. The molecule has 1 rings (SSSR count). The van der Waals surface area contributed by atoms with E-state index < -0.39 is 10.0 Å². The summed E-state index contributed by atoms with van der Waals surface area (Å²) in [4.78, 5) is 5.21. The quantitative estimate of drug-likeness (QED) is 0.243. The van der Waals surface area contributed by atoms with Crippen molar-refractivity contribution in [1.29, 1.82) is 0 Å². The van der Waals surface area contributed by atoms with Crippen molar-refractivity contribution in [3.63, 3.8) is 0 Å². The van der Waals surface area contributed by atoms with Crippen LogP contribution in [0.4, 0.5) is 0 Å². The van der Waals surface area contributed by atoms with Crippen molar-refractivity contribution in [2.24, 2.45) is 0 Å². The summed E-state index contributed by atoms with van der Waals surface area (Å²) in [5.74, 6) is 1.65. The lowest BCUT2D eigenvalue weighted by Crippen LogP contribution is -2.37. The van der Waals surface area contributed by atoms with Gasteiger partial charge >= 0.3 is 0 Å². The largest absolute Gasteiger partial charge is 0.302 e. The van der Waals surface area contributed by atoms with E-state index in [1.54, 1.807) is 16.4 Å². The minimum Gasteiger partial charge on any atom is -0.302 e. The van der Waals surface area contributed by atoms with Gasteiger partial charge in [0.15, 0.2) is 0 Å². The Morgan fingerprint density at radius 2 is 1.09 bits per heavy atom. The Labute approximate surface area is 215 Å². The number of hydrogen-bond acceptors (Lipinski definition) is 6. The minimum absolute atomic E-state index is 0.393. The monoisotopic (exact) mass is 517 g/mol. The fourth-order valence-electron chi connectivity index (χ4n) is 3.87. The van der Waals surface area contributed by atoms with Gasteiger partial charge in [-0.05, 0) is 70.9 Å². The second-order valence-corrected chi connectivity index (χ2v) is 11.6. The smallest absolute Gasteiger partial charge is 0.243 e. The van der Waals surface area contributed by atoms with Crippen molar-refractivity contribution in [1.82, 2.24) is 14.1 Å². The van der Waals surface area contributed by atoms with Crippen LogP contribution in [-0.2, 0) is 10.0 Å². The number of unbranched alkanes of at least 4 members (excludes halogenated alkanes) is 2. The van der Waals surface area contributed by atoms with E-state index in [0.29, 0.717) is 18.0 Å². The highest BCUT2D eigenvalue weighted by atomic mass is 32.2. The van der Waals surface area contributed by atoms with E-state index in [2.05, 4.69) is 48.9 Å². The second-order valence-electron chi connectivity index (χ2n) is 8.76. The summed E-state index contributed by atoms with van der Waals surface area (Å²) in [5.41, 5.74) is 1.07. The lowest BCUT2D eigenvalue weighted by Gasteiger charge is -2.27. The topological polar surface area (TPSA) is 43.9 Å². The number of thiol groups is 2. The van der Waals surface area contributed by atoms with E-state index in [1.807, 2.05) is 19.1 Å². The zero-order valence-corrected chi connectivity index (χ0v) is 23.7. The third kappa shape index (κ3) is 12.3. The van der Waals surface area contributed by atoms with Gasteiger partial charge in [0.25, 0.3) is 0 Å². The van der Waals surface area contributed by atoms with Crippen LogP contribution in [0.3, 0.4) is 0 Å². The SMILES string of the molecule is CCCCN(CCS)CCCN(CCCN(CCS)CCCC)S(=O)(=O)c1ccc(C)cc1. The zero-order valence-electron chi connectivity index (χ0n) is 21.1. The Hall–Kier alpha value is -0.250. The minimum atomic E-state index is -3.51. The molecule has 0 aliphatic carbocycles. The number of hydrogen-bond donors (Lipinski definition) is 2. The van der Waals surface area contributed by atoms with Gasteiger partial charge in [-0.3, -0.25) is 0 Å². The molecule has 0 fully saturated rings. The molecule has 5 nitrogen and oxygen atoms in total. The fraction of sp³-hybridized carbons (Fsp3) is 0.760. The highest BCUT2D eigenvalue weighted by Gasteiger charge is 2.24. The van der Waals surface area contributed by atoms with Crippen LogP contribution in [0.15, 0.2) is 29.2 Å². The van der Waals surface area contributed by atoms with E-state index in [0.717, 1.165) is 94.9 Å². The number of benzene rings is 1. The molecule has 0 atom stereocenters. The molecule has 0 saturated carbocycles. The van der Waals surface area contributed by atoms with Gasteiger partial charge in [0, 0.05) is 37.7 Å². The average Bonchev–Trinajstić information content (AvgIpc) is 2.80. The molecule has 0 bridgehead atoms. The van der Waals surface area contributed by atoms with Crippen LogP contribution in [0.25, 0.3) is 0 Å². The maximum absolute atomic E-state index is 13.5. The highest BCUT2D eigenvalue weighted by Crippen LogP contribution is 2.18. The van der Waals surface area contributed by atoms with Crippen LogP contribution < -0.4 is 0 Å². The van der Waals surface area contributed by atoms with Crippen molar-refractivity contribution in [2.75, 3.05) is 63.9 Å². The molecule has 0 N–H and O–H groups in total. The fourth-order valence-corrected chi connectivity index (χ4v) is 5.95. The summed E-state index contributed by atoms with van der Waals surface area (Å²) in [5, 5.41) is 0. The van der Waals surface area contributed by atoms with Gasteiger partial charge in [-0.25, -0.2) is 8.42 Å². The molecule has 1 aromatic carbocycles.